The molecule has 0 spiro atoms. The van der Waals surface area contributed by atoms with Crippen LogP contribution in [0.15, 0.2) is 63.9 Å². The minimum Gasteiger partial charge on any atom is -0.457 e. The van der Waals surface area contributed by atoms with Crippen molar-refractivity contribution >= 4 is 46.5 Å². The zero-order chi connectivity index (χ0) is 23.8. The van der Waals surface area contributed by atoms with Gasteiger partial charge in [0.2, 0.25) is 5.91 Å². The maximum absolute atomic E-state index is 12.9. The molecule has 0 N–H and O–H groups in total. The van der Waals surface area contributed by atoms with Crippen molar-refractivity contribution < 1.29 is 18.8 Å². The van der Waals surface area contributed by atoms with E-state index >= 15 is 0 Å². The fraction of sp³-hybridized carbons (Fsp3) is 0.192. The van der Waals surface area contributed by atoms with Gasteiger partial charge in [-0.2, -0.15) is 0 Å². The van der Waals surface area contributed by atoms with Crippen molar-refractivity contribution in [2.75, 3.05) is 13.1 Å². The molecule has 0 atom stereocenters. The zero-order valence-electron chi connectivity index (χ0n) is 18.4. The molecule has 2 aliphatic heterocycles. The second kappa shape index (κ2) is 9.16. The summed E-state index contributed by atoms with van der Waals surface area (Å²) in [5.41, 5.74) is 4.18. The van der Waals surface area contributed by atoms with Crippen LogP contribution in [0.1, 0.15) is 22.5 Å². The van der Waals surface area contributed by atoms with Gasteiger partial charge in [-0.1, -0.05) is 41.9 Å². The molecule has 0 saturated carbocycles. The smallest absolute Gasteiger partial charge is 0.294 e. The van der Waals surface area contributed by atoms with Gasteiger partial charge in [-0.3, -0.25) is 19.3 Å². The normalized spacial score (nSPS) is 16.9. The minimum absolute atomic E-state index is 0.227. The van der Waals surface area contributed by atoms with E-state index in [0.717, 1.165) is 39.8 Å². The molecule has 172 valence electrons. The number of fused-ring (bicyclic) bond motifs is 1. The number of amides is 3. The summed E-state index contributed by atoms with van der Waals surface area (Å²) >= 11 is 6.92. The molecular formula is C26H21ClN2O4S. The summed E-state index contributed by atoms with van der Waals surface area (Å²) in [6.45, 7) is 2.74. The summed E-state index contributed by atoms with van der Waals surface area (Å²) in [4.78, 5) is 41.2. The SMILES string of the molecule is Cc1ccc(Cl)cc1-c1ccc(C=C2SC(=O)N(CC(=O)N3CCc4ccccc4C3)C2=O)o1. The molecule has 2 aliphatic rings. The van der Waals surface area contributed by atoms with Crippen LogP contribution < -0.4 is 0 Å². The van der Waals surface area contributed by atoms with Gasteiger partial charge in [-0.25, -0.2) is 0 Å². The Balaban J connectivity index is 1.29. The first-order valence-corrected chi connectivity index (χ1v) is 12.0. The first-order valence-electron chi connectivity index (χ1n) is 10.9. The zero-order valence-corrected chi connectivity index (χ0v) is 20.0. The Labute approximate surface area is 206 Å². The Morgan fingerprint density at radius 2 is 1.91 bits per heavy atom. The number of rotatable bonds is 4. The fourth-order valence-electron chi connectivity index (χ4n) is 4.14. The highest BCUT2D eigenvalue weighted by molar-refractivity contribution is 8.18. The lowest BCUT2D eigenvalue weighted by molar-refractivity contribution is -0.136. The summed E-state index contributed by atoms with van der Waals surface area (Å²) in [6, 6.07) is 17.1. The summed E-state index contributed by atoms with van der Waals surface area (Å²) in [7, 11) is 0. The summed E-state index contributed by atoms with van der Waals surface area (Å²) in [6.07, 6.45) is 2.30. The first kappa shape index (κ1) is 22.5. The molecule has 3 amide bonds. The molecule has 34 heavy (non-hydrogen) atoms. The lowest BCUT2D eigenvalue weighted by atomic mass is 10.00. The molecule has 1 fully saturated rings. The average molecular weight is 493 g/mol. The predicted octanol–water partition coefficient (Wildman–Crippen LogP) is 5.53. The Kier molecular flexibility index (Phi) is 6.06. The highest BCUT2D eigenvalue weighted by atomic mass is 35.5. The summed E-state index contributed by atoms with van der Waals surface area (Å²) in [5, 5.41) is 0.140. The number of imide groups is 1. The second-order valence-electron chi connectivity index (χ2n) is 8.26. The van der Waals surface area contributed by atoms with E-state index in [1.807, 2.05) is 43.3 Å². The van der Waals surface area contributed by atoms with E-state index in [1.54, 1.807) is 17.0 Å². The number of furan rings is 1. The molecule has 8 heteroatoms. The number of carbonyl (C=O) groups excluding carboxylic acids is 3. The van der Waals surface area contributed by atoms with Gasteiger partial charge in [-0.15, -0.1) is 0 Å². The molecule has 2 aromatic carbocycles. The second-order valence-corrected chi connectivity index (χ2v) is 9.69. The summed E-state index contributed by atoms with van der Waals surface area (Å²) in [5.74, 6) is 0.331. The van der Waals surface area contributed by atoms with Crippen molar-refractivity contribution in [2.24, 2.45) is 0 Å². The molecule has 3 aromatic rings. The lowest BCUT2D eigenvalue weighted by Gasteiger charge is -2.29. The third-order valence-electron chi connectivity index (χ3n) is 6.02. The number of nitrogens with zero attached hydrogens (tertiary/aromatic N) is 2. The third kappa shape index (κ3) is 4.41. The molecule has 6 nitrogen and oxygen atoms in total. The van der Waals surface area contributed by atoms with E-state index in [9.17, 15) is 14.4 Å². The van der Waals surface area contributed by atoms with E-state index in [1.165, 1.54) is 11.6 Å². The van der Waals surface area contributed by atoms with E-state index in [2.05, 4.69) is 6.07 Å². The average Bonchev–Trinajstić information content (AvgIpc) is 3.40. The first-order chi connectivity index (χ1) is 16.4. The number of benzene rings is 2. The lowest BCUT2D eigenvalue weighted by Crippen LogP contribution is -2.44. The monoisotopic (exact) mass is 492 g/mol. The van der Waals surface area contributed by atoms with Crippen molar-refractivity contribution in [3.05, 3.63) is 87.0 Å². The number of carbonyl (C=O) groups is 3. The number of aryl methyl sites for hydroxylation is 1. The van der Waals surface area contributed by atoms with E-state index < -0.39 is 11.1 Å². The number of halogens is 1. The van der Waals surface area contributed by atoms with Crippen LogP contribution in [0.3, 0.4) is 0 Å². The summed E-state index contributed by atoms with van der Waals surface area (Å²) < 4.78 is 5.89. The van der Waals surface area contributed by atoms with Crippen molar-refractivity contribution in [2.45, 2.75) is 19.9 Å². The van der Waals surface area contributed by atoms with E-state index in [-0.39, 0.29) is 17.4 Å². The van der Waals surface area contributed by atoms with Gasteiger partial charge in [0.25, 0.3) is 11.1 Å². The maximum atomic E-state index is 12.9. The molecule has 1 aromatic heterocycles. The van der Waals surface area contributed by atoms with Crippen LogP contribution in [0.4, 0.5) is 4.79 Å². The molecule has 3 heterocycles. The quantitative estimate of drug-likeness (QED) is 0.448. The van der Waals surface area contributed by atoms with Gasteiger partial charge >= 0.3 is 0 Å². The molecule has 0 unspecified atom stereocenters. The van der Waals surface area contributed by atoms with Crippen molar-refractivity contribution in [3.63, 3.8) is 0 Å². The minimum atomic E-state index is -0.488. The van der Waals surface area contributed by atoms with Crippen LogP contribution in [-0.2, 0) is 22.6 Å². The molecule has 1 saturated heterocycles. The molecule has 5 rings (SSSR count). The van der Waals surface area contributed by atoms with Crippen molar-refractivity contribution in [3.8, 4) is 11.3 Å². The van der Waals surface area contributed by atoms with Gasteiger partial charge in [0.1, 0.15) is 18.1 Å². The maximum Gasteiger partial charge on any atom is 0.294 e. The fourth-order valence-corrected chi connectivity index (χ4v) is 5.13. The Hall–Kier alpha value is -3.29. The number of hydrogen-bond acceptors (Lipinski definition) is 5. The van der Waals surface area contributed by atoms with Crippen molar-refractivity contribution in [1.82, 2.24) is 9.80 Å². The van der Waals surface area contributed by atoms with Crippen LogP contribution in [0.5, 0.6) is 0 Å². The Morgan fingerprint density at radius 1 is 1.12 bits per heavy atom. The van der Waals surface area contributed by atoms with E-state index in [0.29, 0.717) is 29.6 Å². The molecule has 0 aliphatic carbocycles. The van der Waals surface area contributed by atoms with Crippen LogP contribution in [-0.4, -0.2) is 39.9 Å². The molecular weight excluding hydrogens is 472 g/mol. The predicted molar refractivity (Wildman–Crippen MR) is 132 cm³/mol. The topological polar surface area (TPSA) is 70.8 Å². The Bertz CT molecular complexity index is 1350. The largest absolute Gasteiger partial charge is 0.457 e. The van der Waals surface area contributed by atoms with E-state index in [4.69, 9.17) is 16.0 Å². The van der Waals surface area contributed by atoms with Gasteiger partial charge in [0.05, 0.1) is 4.91 Å². The standard InChI is InChI=1S/C26H21ClN2O4S/c1-16-6-7-19(27)12-21(16)22-9-8-20(33-22)13-23-25(31)29(26(32)34-23)15-24(30)28-11-10-17-4-2-3-5-18(17)14-28/h2-9,12-13H,10-11,14-15H2,1H3. The van der Waals surface area contributed by atoms with Crippen LogP contribution in [0.25, 0.3) is 17.4 Å². The highest BCUT2D eigenvalue weighted by Crippen LogP contribution is 2.34. The van der Waals surface area contributed by atoms with Crippen LogP contribution >= 0.6 is 23.4 Å². The number of hydrogen-bond donors (Lipinski definition) is 0. The van der Waals surface area contributed by atoms with Crippen LogP contribution in [0.2, 0.25) is 5.02 Å². The molecule has 0 radical (unpaired) electrons. The highest BCUT2D eigenvalue weighted by Gasteiger charge is 2.37. The van der Waals surface area contributed by atoms with Gasteiger partial charge in [0, 0.05) is 29.8 Å². The molecule has 0 bridgehead atoms. The van der Waals surface area contributed by atoms with Gasteiger partial charge in [0.15, 0.2) is 0 Å². The van der Waals surface area contributed by atoms with Gasteiger partial charge in [-0.05, 0) is 66.1 Å². The van der Waals surface area contributed by atoms with Crippen LogP contribution in [0, 0.1) is 6.92 Å². The number of thioether (sulfide) groups is 1. The van der Waals surface area contributed by atoms with Gasteiger partial charge < -0.3 is 9.32 Å². The third-order valence-corrected chi connectivity index (χ3v) is 7.16. The van der Waals surface area contributed by atoms with Crippen molar-refractivity contribution in [1.29, 1.82) is 0 Å². The Morgan fingerprint density at radius 3 is 2.74 bits per heavy atom.